The minimum Gasteiger partial charge on any atom is -0.409 e. The number of nitrogens with one attached hydrogen (secondary N) is 1. The van der Waals surface area contributed by atoms with Crippen molar-refractivity contribution in [2.75, 3.05) is 5.32 Å². The van der Waals surface area contributed by atoms with Gasteiger partial charge in [0.2, 0.25) is 0 Å². The van der Waals surface area contributed by atoms with Gasteiger partial charge in [-0.3, -0.25) is 0 Å². The van der Waals surface area contributed by atoms with Gasteiger partial charge in [0.1, 0.15) is 0 Å². The van der Waals surface area contributed by atoms with Crippen LogP contribution in [0.25, 0.3) is 10.2 Å². The van der Waals surface area contributed by atoms with Gasteiger partial charge >= 0.3 is 0 Å². The summed E-state index contributed by atoms with van der Waals surface area (Å²) in [6, 6.07) is 13.6. The number of hydrogen-bond acceptors (Lipinski definition) is 5. The first-order valence-corrected chi connectivity index (χ1v) is 7.29. The number of fused-ring (bicyclic) bond motifs is 1. The predicted molar refractivity (Wildman–Crippen MR) is 85.9 cm³/mol. The third kappa shape index (κ3) is 2.80. The largest absolute Gasteiger partial charge is 0.409 e. The molecule has 0 bridgehead atoms. The van der Waals surface area contributed by atoms with Gasteiger partial charge in [-0.1, -0.05) is 29.4 Å². The normalized spacial score (nSPS) is 11.7. The predicted octanol–water partition coefficient (Wildman–Crippen LogP) is 3.00. The molecular weight excluding hydrogens is 284 g/mol. The number of nitrogens with two attached hydrogens (primary N) is 1. The molecule has 3 aromatic rings. The minimum atomic E-state index is 0.116. The summed E-state index contributed by atoms with van der Waals surface area (Å²) in [5, 5.41) is 15.2. The van der Waals surface area contributed by atoms with Gasteiger partial charge in [-0.05, 0) is 23.8 Å². The summed E-state index contributed by atoms with van der Waals surface area (Å²) in [5.41, 5.74) is 11.2. The van der Waals surface area contributed by atoms with Gasteiger partial charge in [0, 0.05) is 17.8 Å². The standard InChI is InChI=1S/C15H14N4OS/c16-15(19-20)12-4-2-1-3-10(12)8-17-11-5-6-13-14(7-11)21-9-18-13/h1-7,9,17,20H,8H2,(H2,16,19). The fourth-order valence-electron chi connectivity index (χ4n) is 2.14. The molecule has 6 heteroatoms. The minimum absolute atomic E-state index is 0.116. The molecule has 0 fully saturated rings. The summed E-state index contributed by atoms with van der Waals surface area (Å²) >= 11 is 1.61. The fraction of sp³-hybridized carbons (Fsp3) is 0.0667. The Morgan fingerprint density at radius 1 is 1.29 bits per heavy atom. The molecule has 0 radical (unpaired) electrons. The summed E-state index contributed by atoms with van der Waals surface area (Å²) in [5.74, 6) is 0.116. The summed E-state index contributed by atoms with van der Waals surface area (Å²) in [6.07, 6.45) is 0. The number of thiazole rings is 1. The molecule has 0 aliphatic carbocycles. The lowest BCUT2D eigenvalue weighted by molar-refractivity contribution is 0.318. The Hall–Kier alpha value is -2.60. The molecule has 0 aliphatic rings. The zero-order valence-corrected chi connectivity index (χ0v) is 12.0. The van der Waals surface area contributed by atoms with Crippen molar-refractivity contribution in [3.8, 4) is 0 Å². The molecule has 0 unspecified atom stereocenters. The molecule has 0 saturated heterocycles. The van der Waals surface area contributed by atoms with Gasteiger partial charge in [0.05, 0.1) is 15.7 Å². The lowest BCUT2D eigenvalue weighted by Crippen LogP contribution is -2.16. The molecule has 0 aliphatic heterocycles. The average molecular weight is 298 g/mol. The maximum Gasteiger partial charge on any atom is 0.170 e. The van der Waals surface area contributed by atoms with Crippen molar-refractivity contribution in [2.45, 2.75) is 6.54 Å². The van der Waals surface area contributed by atoms with Crippen LogP contribution < -0.4 is 11.1 Å². The van der Waals surface area contributed by atoms with Gasteiger partial charge in [-0.2, -0.15) is 0 Å². The second-order valence-electron chi connectivity index (χ2n) is 4.53. The Balaban J connectivity index is 1.81. The van der Waals surface area contributed by atoms with Gasteiger partial charge in [-0.25, -0.2) is 4.98 Å². The molecule has 0 spiro atoms. The number of nitrogens with zero attached hydrogens (tertiary/aromatic N) is 2. The molecule has 5 nitrogen and oxygen atoms in total. The number of anilines is 1. The lowest BCUT2D eigenvalue weighted by Gasteiger charge is -2.10. The van der Waals surface area contributed by atoms with E-state index in [4.69, 9.17) is 10.9 Å². The van der Waals surface area contributed by atoms with E-state index in [1.807, 2.05) is 41.9 Å². The van der Waals surface area contributed by atoms with E-state index in [2.05, 4.69) is 21.5 Å². The molecule has 1 heterocycles. The Morgan fingerprint density at radius 2 is 2.14 bits per heavy atom. The second kappa shape index (κ2) is 5.80. The number of amidine groups is 1. The van der Waals surface area contributed by atoms with Crippen LogP contribution >= 0.6 is 11.3 Å². The lowest BCUT2D eigenvalue weighted by atomic mass is 10.1. The number of aromatic nitrogens is 1. The fourth-order valence-corrected chi connectivity index (χ4v) is 2.86. The van der Waals surface area contributed by atoms with Crippen LogP contribution in [0.15, 0.2) is 53.1 Å². The SMILES string of the molecule is N/C(=N/O)c1ccccc1CNc1ccc2ncsc2c1. The van der Waals surface area contributed by atoms with Gasteiger partial charge in [-0.15, -0.1) is 11.3 Å². The Bertz CT molecular complexity index is 797. The van der Waals surface area contributed by atoms with Crippen molar-refractivity contribution in [1.29, 1.82) is 0 Å². The van der Waals surface area contributed by atoms with Crippen LogP contribution in [0, 0.1) is 0 Å². The van der Waals surface area contributed by atoms with E-state index in [0.717, 1.165) is 27.0 Å². The van der Waals surface area contributed by atoms with Crippen molar-refractivity contribution in [3.63, 3.8) is 0 Å². The van der Waals surface area contributed by atoms with E-state index >= 15 is 0 Å². The van der Waals surface area contributed by atoms with E-state index in [1.54, 1.807) is 11.3 Å². The van der Waals surface area contributed by atoms with Crippen LogP contribution in [-0.2, 0) is 6.54 Å². The van der Waals surface area contributed by atoms with Crippen molar-refractivity contribution in [1.82, 2.24) is 4.98 Å². The van der Waals surface area contributed by atoms with Crippen LogP contribution in [-0.4, -0.2) is 16.0 Å². The molecule has 0 saturated carbocycles. The van der Waals surface area contributed by atoms with E-state index in [1.165, 1.54) is 0 Å². The molecule has 0 amide bonds. The quantitative estimate of drug-likeness (QED) is 0.299. The summed E-state index contributed by atoms with van der Waals surface area (Å²) in [4.78, 5) is 4.26. The van der Waals surface area contributed by atoms with E-state index in [0.29, 0.717) is 6.54 Å². The highest BCUT2D eigenvalue weighted by molar-refractivity contribution is 7.16. The van der Waals surface area contributed by atoms with Gasteiger partial charge in [0.15, 0.2) is 5.84 Å². The summed E-state index contributed by atoms with van der Waals surface area (Å²) in [6.45, 7) is 0.594. The van der Waals surface area contributed by atoms with Crippen molar-refractivity contribution >= 4 is 33.1 Å². The maximum absolute atomic E-state index is 8.83. The first kappa shape index (κ1) is 13.4. The van der Waals surface area contributed by atoms with Crippen molar-refractivity contribution < 1.29 is 5.21 Å². The van der Waals surface area contributed by atoms with Gasteiger partial charge < -0.3 is 16.3 Å². The smallest absolute Gasteiger partial charge is 0.170 e. The highest BCUT2D eigenvalue weighted by Crippen LogP contribution is 2.22. The van der Waals surface area contributed by atoms with E-state index < -0.39 is 0 Å². The zero-order chi connectivity index (χ0) is 14.7. The number of benzene rings is 2. The number of hydrogen-bond donors (Lipinski definition) is 3. The van der Waals surface area contributed by atoms with Crippen LogP contribution in [0.4, 0.5) is 5.69 Å². The third-order valence-corrected chi connectivity index (χ3v) is 4.01. The topological polar surface area (TPSA) is 83.5 Å². The monoisotopic (exact) mass is 298 g/mol. The summed E-state index contributed by atoms with van der Waals surface area (Å²) < 4.78 is 1.14. The maximum atomic E-state index is 8.83. The third-order valence-electron chi connectivity index (χ3n) is 3.22. The molecule has 0 atom stereocenters. The van der Waals surface area contributed by atoms with E-state index in [9.17, 15) is 0 Å². The molecule has 2 aromatic carbocycles. The molecule has 1 aromatic heterocycles. The molecule has 4 N–H and O–H groups in total. The van der Waals surface area contributed by atoms with Crippen LogP contribution in [0.5, 0.6) is 0 Å². The first-order valence-electron chi connectivity index (χ1n) is 6.41. The highest BCUT2D eigenvalue weighted by Gasteiger charge is 2.06. The van der Waals surface area contributed by atoms with Crippen LogP contribution in [0.3, 0.4) is 0 Å². The van der Waals surface area contributed by atoms with Crippen LogP contribution in [0.1, 0.15) is 11.1 Å². The molecular formula is C15H14N4OS. The molecule has 21 heavy (non-hydrogen) atoms. The Kier molecular flexibility index (Phi) is 3.70. The molecule has 3 rings (SSSR count). The average Bonchev–Trinajstić information content (AvgIpc) is 3.00. The number of oxime groups is 1. The summed E-state index contributed by atoms with van der Waals surface area (Å²) in [7, 11) is 0. The first-order chi connectivity index (χ1) is 10.3. The highest BCUT2D eigenvalue weighted by atomic mass is 32.1. The second-order valence-corrected chi connectivity index (χ2v) is 5.42. The number of rotatable bonds is 4. The van der Waals surface area contributed by atoms with Crippen molar-refractivity contribution in [3.05, 3.63) is 59.1 Å². The Morgan fingerprint density at radius 3 is 3.00 bits per heavy atom. The van der Waals surface area contributed by atoms with E-state index in [-0.39, 0.29) is 5.84 Å². The molecule has 106 valence electrons. The van der Waals surface area contributed by atoms with Crippen LogP contribution in [0.2, 0.25) is 0 Å². The van der Waals surface area contributed by atoms with Gasteiger partial charge in [0.25, 0.3) is 0 Å². The zero-order valence-electron chi connectivity index (χ0n) is 11.2. The van der Waals surface area contributed by atoms with Crippen molar-refractivity contribution in [2.24, 2.45) is 10.9 Å². The Labute approximate surface area is 125 Å².